The summed E-state index contributed by atoms with van der Waals surface area (Å²) in [5.74, 6) is -1.00. The summed E-state index contributed by atoms with van der Waals surface area (Å²) in [4.78, 5) is 12.2. The highest BCUT2D eigenvalue weighted by Crippen LogP contribution is 2.29. The zero-order chi connectivity index (χ0) is 19.4. The molecule has 2 nitrogen and oxygen atoms in total. The van der Waals surface area contributed by atoms with E-state index in [4.69, 9.17) is 7.85 Å². The maximum atomic E-state index is 12.8. The second kappa shape index (κ2) is 7.86. The molecule has 0 heterocycles. The number of hydrogen-bond donors (Lipinski definition) is 1. The standard InChI is InChI=1S/C21H17BF3NO/c22-20(18-10-4-7-15-6-1-2-9-17(15)18)26-19(27)12-11-14-5-3-8-16(13-14)21(23,24)25/h1-10,13,20H,11-12H2,(H,26,27). The fraction of sp³-hybridized carbons (Fsp3) is 0.190. The Kier molecular flexibility index (Phi) is 5.54. The van der Waals surface area contributed by atoms with Gasteiger partial charge >= 0.3 is 6.18 Å². The van der Waals surface area contributed by atoms with Crippen molar-refractivity contribution in [2.24, 2.45) is 0 Å². The van der Waals surface area contributed by atoms with E-state index in [1.807, 2.05) is 42.5 Å². The average Bonchev–Trinajstić information content (AvgIpc) is 2.65. The molecular weight excluding hydrogens is 350 g/mol. The molecule has 0 aliphatic rings. The van der Waals surface area contributed by atoms with Crippen LogP contribution in [0.3, 0.4) is 0 Å². The molecule has 0 saturated heterocycles. The molecule has 1 atom stereocenters. The van der Waals surface area contributed by atoms with E-state index < -0.39 is 17.7 Å². The third-order valence-corrected chi connectivity index (χ3v) is 4.37. The second-order valence-electron chi connectivity index (χ2n) is 6.31. The smallest absolute Gasteiger partial charge is 0.358 e. The fourth-order valence-electron chi connectivity index (χ4n) is 3.01. The van der Waals surface area contributed by atoms with Gasteiger partial charge < -0.3 is 5.32 Å². The average molecular weight is 367 g/mol. The lowest BCUT2D eigenvalue weighted by Gasteiger charge is -2.17. The lowest BCUT2D eigenvalue weighted by molar-refractivity contribution is -0.137. The Morgan fingerprint density at radius 3 is 2.48 bits per heavy atom. The number of aryl methyl sites for hydroxylation is 1. The summed E-state index contributed by atoms with van der Waals surface area (Å²) in [5, 5.41) is 4.69. The van der Waals surface area contributed by atoms with E-state index in [-0.39, 0.29) is 18.7 Å². The van der Waals surface area contributed by atoms with Crippen molar-refractivity contribution in [3.05, 3.63) is 83.4 Å². The van der Waals surface area contributed by atoms with Crippen LogP contribution in [-0.4, -0.2) is 13.8 Å². The van der Waals surface area contributed by atoms with Crippen molar-refractivity contribution in [3.63, 3.8) is 0 Å². The summed E-state index contributed by atoms with van der Waals surface area (Å²) in [5.41, 5.74) is 0.534. The van der Waals surface area contributed by atoms with Crippen LogP contribution in [0.4, 0.5) is 13.2 Å². The van der Waals surface area contributed by atoms with Crippen molar-refractivity contribution >= 4 is 24.5 Å². The Bertz CT molecular complexity index is 950. The van der Waals surface area contributed by atoms with Crippen LogP contribution in [0.1, 0.15) is 29.1 Å². The lowest BCUT2D eigenvalue weighted by atomic mass is 9.85. The van der Waals surface area contributed by atoms with Gasteiger partial charge in [-0.05, 0) is 34.4 Å². The van der Waals surface area contributed by atoms with Gasteiger partial charge in [0, 0.05) is 12.4 Å². The Labute approximate surface area is 156 Å². The van der Waals surface area contributed by atoms with Gasteiger partial charge in [-0.25, -0.2) is 0 Å². The van der Waals surface area contributed by atoms with E-state index in [0.29, 0.717) is 5.56 Å². The van der Waals surface area contributed by atoms with Gasteiger partial charge in [-0.2, -0.15) is 13.2 Å². The van der Waals surface area contributed by atoms with Crippen LogP contribution in [0, 0.1) is 0 Å². The van der Waals surface area contributed by atoms with Gasteiger partial charge in [0.2, 0.25) is 5.91 Å². The molecule has 6 heteroatoms. The molecule has 0 fully saturated rings. The van der Waals surface area contributed by atoms with E-state index >= 15 is 0 Å². The van der Waals surface area contributed by atoms with Crippen molar-refractivity contribution in [2.45, 2.75) is 25.0 Å². The number of fused-ring (bicyclic) bond motifs is 1. The summed E-state index contributed by atoms with van der Waals surface area (Å²) < 4.78 is 38.3. The van der Waals surface area contributed by atoms with Crippen LogP contribution in [0.15, 0.2) is 66.7 Å². The third-order valence-electron chi connectivity index (χ3n) is 4.37. The minimum Gasteiger partial charge on any atom is -0.358 e. The number of benzene rings is 3. The van der Waals surface area contributed by atoms with E-state index in [0.717, 1.165) is 28.5 Å². The van der Waals surface area contributed by atoms with Gasteiger partial charge in [-0.3, -0.25) is 4.79 Å². The van der Waals surface area contributed by atoms with E-state index in [1.165, 1.54) is 6.07 Å². The molecule has 0 bridgehead atoms. The molecule has 1 N–H and O–H groups in total. The molecular formula is C21H17BF3NO. The maximum Gasteiger partial charge on any atom is 0.416 e. The molecule has 2 radical (unpaired) electrons. The maximum absolute atomic E-state index is 12.8. The Morgan fingerprint density at radius 2 is 1.70 bits per heavy atom. The highest BCUT2D eigenvalue weighted by atomic mass is 19.4. The van der Waals surface area contributed by atoms with E-state index in [1.54, 1.807) is 6.07 Å². The molecule has 0 saturated carbocycles. The molecule has 3 aromatic rings. The highest BCUT2D eigenvalue weighted by molar-refractivity contribution is 6.14. The van der Waals surface area contributed by atoms with Gasteiger partial charge in [-0.1, -0.05) is 60.7 Å². The lowest BCUT2D eigenvalue weighted by Crippen LogP contribution is -2.29. The largest absolute Gasteiger partial charge is 0.416 e. The zero-order valence-electron chi connectivity index (χ0n) is 14.5. The van der Waals surface area contributed by atoms with E-state index in [9.17, 15) is 18.0 Å². The summed E-state index contributed by atoms with van der Waals surface area (Å²) in [7, 11) is 6.13. The normalized spacial score (nSPS) is 12.7. The number of carbonyl (C=O) groups is 1. The highest BCUT2D eigenvalue weighted by Gasteiger charge is 2.30. The predicted molar refractivity (Wildman–Crippen MR) is 100 cm³/mol. The summed E-state index contributed by atoms with van der Waals surface area (Å²) in [6, 6.07) is 18.4. The number of carbonyl (C=O) groups excluding carboxylic acids is 1. The molecule has 3 aromatic carbocycles. The third kappa shape index (κ3) is 4.70. The molecule has 0 spiro atoms. The first-order valence-electron chi connectivity index (χ1n) is 8.53. The van der Waals surface area contributed by atoms with Crippen LogP contribution in [-0.2, 0) is 17.4 Å². The molecule has 0 aromatic heterocycles. The minimum absolute atomic E-state index is 0.0553. The monoisotopic (exact) mass is 367 g/mol. The number of rotatable bonds is 5. The van der Waals surface area contributed by atoms with Gasteiger partial charge in [0.15, 0.2) is 0 Å². The first-order chi connectivity index (χ1) is 12.8. The molecule has 1 amide bonds. The van der Waals surface area contributed by atoms with Gasteiger partial charge in [0.1, 0.15) is 7.85 Å². The summed E-state index contributed by atoms with van der Waals surface area (Å²) in [6.45, 7) is 0. The predicted octanol–water partition coefficient (Wildman–Crippen LogP) is 4.77. The first kappa shape index (κ1) is 19.0. The SMILES string of the molecule is [B]C(NC(=O)CCc1cccc(C(F)(F)F)c1)c1cccc2ccccc12. The van der Waals surface area contributed by atoms with Gasteiger partial charge in [0.25, 0.3) is 0 Å². The number of amides is 1. The number of halogens is 3. The van der Waals surface area contributed by atoms with Gasteiger partial charge in [-0.15, -0.1) is 0 Å². The second-order valence-corrected chi connectivity index (χ2v) is 6.31. The molecule has 0 aliphatic heterocycles. The quantitative estimate of drug-likeness (QED) is 0.647. The van der Waals surface area contributed by atoms with Crippen molar-refractivity contribution in [3.8, 4) is 0 Å². The molecule has 3 rings (SSSR count). The van der Waals surface area contributed by atoms with Crippen molar-refractivity contribution < 1.29 is 18.0 Å². The molecule has 1 unspecified atom stereocenters. The summed E-state index contributed by atoms with van der Waals surface area (Å²) >= 11 is 0. The zero-order valence-corrected chi connectivity index (χ0v) is 14.5. The molecule has 0 aliphatic carbocycles. The number of alkyl halides is 3. The Balaban J connectivity index is 1.64. The summed E-state index contributed by atoms with van der Waals surface area (Å²) in [6.07, 6.45) is -4.13. The van der Waals surface area contributed by atoms with Gasteiger partial charge in [0.05, 0.1) is 5.56 Å². The van der Waals surface area contributed by atoms with Crippen LogP contribution < -0.4 is 5.32 Å². The topological polar surface area (TPSA) is 29.1 Å². The van der Waals surface area contributed by atoms with Crippen molar-refractivity contribution in [1.29, 1.82) is 0 Å². The fourth-order valence-corrected chi connectivity index (χ4v) is 3.01. The van der Waals surface area contributed by atoms with E-state index in [2.05, 4.69) is 5.32 Å². The van der Waals surface area contributed by atoms with Crippen LogP contribution in [0.25, 0.3) is 10.8 Å². The van der Waals surface area contributed by atoms with Crippen molar-refractivity contribution in [1.82, 2.24) is 5.32 Å². The number of hydrogen-bond acceptors (Lipinski definition) is 1. The van der Waals surface area contributed by atoms with Crippen LogP contribution in [0.5, 0.6) is 0 Å². The molecule has 136 valence electrons. The minimum atomic E-state index is -4.39. The Morgan fingerprint density at radius 1 is 1.00 bits per heavy atom. The van der Waals surface area contributed by atoms with Crippen molar-refractivity contribution in [2.75, 3.05) is 0 Å². The number of nitrogens with one attached hydrogen (secondary N) is 1. The molecule has 27 heavy (non-hydrogen) atoms. The van der Waals surface area contributed by atoms with Crippen LogP contribution in [0.2, 0.25) is 0 Å². The Hall–Kier alpha value is -2.76. The van der Waals surface area contributed by atoms with Crippen LogP contribution >= 0.6 is 0 Å². The first-order valence-corrected chi connectivity index (χ1v) is 8.53.